The molecule has 1 aromatic heterocycles. The first-order valence-electron chi connectivity index (χ1n) is 4.07. The molecule has 0 aliphatic heterocycles. The monoisotopic (exact) mass is 209 g/mol. The Balaban J connectivity index is 2.39. The molecule has 5 heteroatoms. The molecule has 0 atom stereocenters. The Kier molecular flexibility index (Phi) is 2.41. The van der Waals surface area contributed by atoms with Crippen molar-refractivity contribution in [3.05, 3.63) is 30.1 Å². The highest BCUT2D eigenvalue weighted by Crippen LogP contribution is 2.20. The van der Waals surface area contributed by atoms with Crippen LogP contribution in [-0.2, 0) is 0 Å². The maximum atomic E-state index is 12.9. The van der Waals surface area contributed by atoms with Gasteiger partial charge in [-0.25, -0.2) is 4.39 Å². The van der Waals surface area contributed by atoms with Gasteiger partial charge in [0.05, 0.1) is 0 Å². The zero-order valence-electron chi connectivity index (χ0n) is 7.49. The number of hydrogen-bond acceptors (Lipinski definition) is 4. The molecule has 1 heterocycles. The van der Waals surface area contributed by atoms with Crippen molar-refractivity contribution in [3.8, 4) is 11.4 Å². The Morgan fingerprint density at radius 2 is 2.29 bits per heavy atom. The third-order valence-electron chi connectivity index (χ3n) is 1.72. The summed E-state index contributed by atoms with van der Waals surface area (Å²) in [4.78, 5) is 4.17. The summed E-state index contributed by atoms with van der Waals surface area (Å²) in [5, 5.41) is 3.61. The molecule has 2 aromatic rings. The second kappa shape index (κ2) is 3.71. The van der Waals surface area contributed by atoms with E-state index in [1.807, 2.05) is 0 Å². The van der Waals surface area contributed by atoms with Gasteiger partial charge in [0.25, 0.3) is 0 Å². The number of hydrogen-bond donors (Lipinski definition) is 1. The molecular weight excluding hydrogens is 201 g/mol. The fourth-order valence-corrected chi connectivity index (χ4v) is 1.61. The maximum absolute atomic E-state index is 12.9. The van der Waals surface area contributed by atoms with Crippen LogP contribution in [-0.4, -0.2) is 16.4 Å². The van der Waals surface area contributed by atoms with Crippen molar-refractivity contribution in [1.29, 1.82) is 0 Å². The lowest BCUT2D eigenvalue weighted by Gasteiger charge is -1.94. The second-order valence-corrected chi connectivity index (χ2v) is 3.44. The molecule has 0 radical (unpaired) electrons. The van der Waals surface area contributed by atoms with Crippen LogP contribution >= 0.6 is 11.5 Å². The minimum atomic E-state index is -0.275. The number of nitrogens with one attached hydrogen (secondary N) is 1. The molecule has 0 aliphatic rings. The van der Waals surface area contributed by atoms with Crippen LogP contribution in [0, 0.1) is 5.82 Å². The highest BCUT2D eigenvalue weighted by atomic mass is 32.1. The highest BCUT2D eigenvalue weighted by Gasteiger charge is 2.05. The van der Waals surface area contributed by atoms with Crippen molar-refractivity contribution in [1.82, 2.24) is 9.36 Å². The number of rotatable bonds is 2. The first kappa shape index (κ1) is 9.08. The van der Waals surface area contributed by atoms with Gasteiger partial charge in [-0.2, -0.15) is 9.36 Å². The molecule has 0 saturated carbocycles. The van der Waals surface area contributed by atoms with Gasteiger partial charge in [-0.05, 0) is 12.1 Å². The summed E-state index contributed by atoms with van der Waals surface area (Å²) in [6.45, 7) is 0. The average molecular weight is 209 g/mol. The first-order chi connectivity index (χ1) is 6.79. The molecule has 0 fully saturated rings. The van der Waals surface area contributed by atoms with E-state index in [4.69, 9.17) is 0 Å². The fourth-order valence-electron chi connectivity index (χ4n) is 1.07. The normalized spacial score (nSPS) is 10.1. The lowest BCUT2D eigenvalue weighted by Crippen LogP contribution is -1.86. The van der Waals surface area contributed by atoms with Crippen LogP contribution < -0.4 is 5.32 Å². The Morgan fingerprint density at radius 3 is 2.93 bits per heavy atom. The standard InChI is InChI=1S/C9H8FN3S/c1-11-9-12-8(13-14-9)6-3-2-4-7(10)5-6/h2-5H,1H3,(H,11,12,13). The molecule has 3 nitrogen and oxygen atoms in total. The molecule has 72 valence electrons. The number of benzene rings is 1. The predicted octanol–water partition coefficient (Wildman–Crippen LogP) is 2.39. The molecule has 0 amide bonds. The summed E-state index contributed by atoms with van der Waals surface area (Å²) >= 11 is 1.26. The second-order valence-electron chi connectivity index (χ2n) is 2.68. The molecule has 0 saturated heterocycles. The van der Waals surface area contributed by atoms with Crippen LogP contribution in [0.25, 0.3) is 11.4 Å². The van der Waals surface area contributed by atoms with Gasteiger partial charge in [-0.1, -0.05) is 12.1 Å². The molecule has 2 rings (SSSR count). The minimum Gasteiger partial charge on any atom is -0.363 e. The molecule has 0 unspecified atom stereocenters. The van der Waals surface area contributed by atoms with Crippen molar-refractivity contribution in [2.45, 2.75) is 0 Å². The van der Waals surface area contributed by atoms with Crippen molar-refractivity contribution in [3.63, 3.8) is 0 Å². The molecule has 1 aromatic carbocycles. The van der Waals surface area contributed by atoms with E-state index in [-0.39, 0.29) is 5.82 Å². The van der Waals surface area contributed by atoms with E-state index in [1.165, 1.54) is 23.7 Å². The van der Waals surface area contributed by atoms with Gasteiger partial charge in [0.15, 0.2) is 5.82 Å². The lowest BCUT2D eigenvalue weighted by molar-refractivity contribution is 0.628. The Morgan fingerprint density at radius 1 is 1.43 bits per heavy atom. The third-order valence-corrected chi connectivity index (χ3v) is 2.46. The maximum Gasteiger partial charge on any atom is 0.202 e. The zero-order valence-corrected chi connectivity index (χ0v) is 8.31. The summed E-state index contributed by atoms with van der Waals surface area (Å²) < 4.78 is 17.0. The highest BCUT2D eigenvalue weighted by molar-refractivity contribution is 7.09. The van der Waals surface area contributed by atoms with E-state index in [0.29, 0.717) is 11.4 Å². The summed E-state index contributed by atoms with van der Waals surface area (Å²) in [7, 11) is 1.77. The Hall–Kier alpha value is -1.49. The minimum absolute atomic E-state index is 0.275. The van der Waals surface area contributed by atoms with Gasteiger partial charge in [-0.15, -0.1) is 0 Å². The van der Waals surface area contributed by atoms with Gasteiger partial charge in [0.2, 0.25) is 5.13 Å². The summed E-state index contributed by atoms with van der Waals surface area (Å²) in [6.07, 6.45) is 0. The van der Waals surface area contributed by atoms with Crippen LogP contribution in [0.3, 0.4) is 0 Å². The van der Waals surface area contributed by atoms with E-state index in [1.54, 1.807) is 19.2 Å². The topological polar surface area (TPSA) is 37.8 Å². The van der Waals surface area contributed by atoms with Crippen LogP contribution in [0.1, 0.15) is 0 Å². The van der Waals surface area contributed by atoms with Crippen LogP contribution in [0.4, 0.5) is 9.52 Å². The van der Waals surface area contributed by atoms with Gasteiger partial charge in [0, 0.05) is 24.1 Å². The van der Waals surface area contributed by atoms with Crippen LogP contribution in [0.2, 0.25) is 0 Å². The predicted molar refractivity (Wildman–Crippen MR) is 54.8 cm³/mol. The van der Waals surface area contributed by atoms with E-state index in [0.717, 1.165) is 5.13 Å². The van der Waals surface area contributed by atoms with Crippen molar-refractivity contribution >= 4 is 16.7 Å². The first-order valence-corrected chi connectivity index (χ1v) is 4.84. The average Bonchev–Trinajstić information content (AvgIpc) is 2.66. The zero-order chi connectivity index (χ0) is 9.97. The van der Waals surface area contributed by atoms with E-state index < -0.39 is 0 Å². The molecule has 0 spiro atoms. The smallest absolute Gasteiger partial charge is 0.202 e. The van der Waals surface area contributed by atoms with Crippen LogP contribution in [0.15, 0.2) is 24.3 Å². The van der Waals surface area contributed by atoms with Gasteiger partial charge < -0.3 is 5.32 Å². The van der Waals surface area contributed by atoms with Gasteiger partial charge >= 0.3 is 0 Å². The van der Waals surface area contributed by atoms with Gasteiger partial charge in [0.1, 0.15) is 5.82 Å². The van der Waals surface area contributed by atoms with Crippen LogP contribution in [0.5, 0.6) is 0 Å². The quantitative estimate of drug-likeness (QED) is 0.825. The Labute approximate surface area is 84.8 Å². The van der Waals surface area contributed by atoms with Gasteiger partial charge in [-0.3, -0.25) is 0 Å². The molecule has 0 aliphatic carbocycles. The van der Waals surface area contributed by atoms with Crippen molar-refractivity contribution in [2.24, 2.45) is 0 Å². The summed E-state index contributed by atoms with van der Waals surface area (Å²) in [5.74, 6) is 0.280. The summed E-state index contributed by atoms with van der Waals surface area (Å²) in [6, 6.07) is 6.24. The Bertz CT molecular complexity index is 441. The largest absolute Gasteiger partial charge is 0.363 e. The van der Waals surface area contributed by atoms with E-state index in [9.17, 15) is 4.39 Å². The molecule has 14 heavy (non-hydrogen) atoms. The molecule has 1 N–H and O–H groups in total. The number of nitrogens with zero attached hydrogens (tertiary/aromatic N) is 2. The van der Waals surface area contributed by atoms with Crippen molar-refractivity contribution < 1.29 is 4.39 Å². The third kappa shape index (κ3) is 1.72. The van der Waals surface area contributed by atoms with E-state index >= 15 is 0 Å². The number of anilines is 1. The fraction of sp³-hybridized carbons (Fsp3) is 0.111. The molecule has 0 bridgehead atoms. The number of aromatic nitrogens is 2. The SMILES string of the molecule is CNc1nc(-c2cccc(F)c2)ns1. The lowest BCUT2D eigenvalue weighted by atomic mass is 10.2. The van der Waals surface area contributed by atoms with E-state index in [2.05, 4.69) is 14.7 Å². The number of halogens is 1. The van der Waals surface area contributed by atoms with Crippen molar-refractivity contribution in [2.75, 3.05) is 12.4 Å². The summed E-state index contributed by atoms with van der Waals surface area (Å²) in [5.41, 5.74) is 0.697. The molecular formula is C9H8FN3S.